The molecule has 1 saturated carbocycles. The smallest absolute Gasteiger partial charge is 0.307 e. The molecular formula is C11H11NO4. The van der Waals surface area contributed by atoms with Gasteiger partial charge in [0, 0.05) is 5.69 Å². The van der Waals surface area contributed by atoms with Crippen LogP contribution in [0.5, 0.6) is 5.75 Å². The van der Waals surface area contributed by atoms with Crippen molar-refractivity contribution >= 4 is 17.6 Å². The largest absolute Gasteiger partial charge is 0.508 e. The van der Waals surface area contributed by atoms with Crippen molar-refractivity contribution in [3.8, 4) is 5.75 Å². The quantitative estimate of drug-likeness (QED) is 0.666. The maximum atomic E-state index is 11.5. The van der Waals surface area contributed by atoms with Crippen LogP contribution in [0.1, 0.15) is 6.42 Å². The second-order valence-electron chi connectivity index (χ2n) is 3.82. The molecule has 1 aliphatic rings. The summed E-state index contributed by atoms with van der Waals surface area (Å²) in [6.45, 7) is 0. The topological polar surface area (TPSA) is 86.6 Å². The first-order valence-corrected chi connectivity index (χ1v) is 4.90. The van der Waals surface area contributed by atoms with E-state index in [1.165, 1.54) is 12.1 Å². The zero-order valence-electron chi connectivity index (χ0n) is 8.38. The van der Waals surface area contributed by atoms with Gasteiger partial charge in [-0.1, -0.05) is 0 Å². The number of hydrogen-bond acceptors (Lipinski definition) is 3. The van der Waals surface area contributed by atoms with Crippen LogP contribution in [0.2, 0.25) is 0 Å². The molecule has 2 atom stereocenters. The summed E-state index contributed by atoms with van der Waals surface area (Å²) >= 11 is 0. The van der Waals surface area contributed by atoms with Crippen molar-refractivity contribution in [1.29, 1.82) is 0 Å². The highest BCUT2D eigenvalue weighted by Crippen LogP contribution is 2.39. The molecule has 0 saturated heterocycles. The van der Waals surface area contributed by atoms with Crippen molar-refractivity contribution in [1.82, 2.24) is 0 Å². The maximum Gasteiger partial charge on any atom is 0.307 e. The summed E-state index contributed by atoms with van der Waals surface area (Å²) in [7, 11) is 0. The molecule has 2 rings (SSSR count). The van der Waals surface area contributed by atoms with Gasteiger partial charge in [0.25, 0.3) is 0 Å². The third-order valence-corrected chi connectivity index (χ3v) is 2.58. The van der Waals surface area contributed by atoms with E-state index in [0.29, 0.717) is 12.1 Å². The van der Waals surface area contributed by atoms with Gasteiger partial charge < -0.3 is 15.5 Å². The maximum absolute atomic E-state index is 11.5. The highest BCUT2D eigenvalue weighted by molar-refractivity contribution is 5.98. The molecular weight excluding hydrogens is 210 g/mol. The molecule has 1 aromatic carbocycles. The van der Waals surface area contributed by atoms with E-state index in [4.69, 9.17) is 10.2 Å². The molecule has 1 amide bonds. The number of aromatic hydroxyl groups is 1. The Morgan fingerprint density at radius 2 is 1.81 bits per heavy atom. The molecule has 84 valence electrons. The Morgan fingerprint density at radius 1 is 1.19 bits per heavy atom. The number of carboxylic acids is 1. The number of benzene rings is 1. The van der Waals surface area contributed by atoms with Crippen molar-refractivity contribution in [2.24, 2.45) is 11.8 Å². The van der Waals surface area contributed by atoms with Crippen molar-refractivity contribution in [2.75, 3.05) is 5.32 Å². The molecule has 0 spiro atoms. The number of hydrogen-bond donors (Lipinski definition) is 3. The zero-order chi connectivity index (χ0) is 11.7. The van der Waals surface area contributed by atoms with Crippen molar-refractivity contribution in [2.45, 2.75) is 6.42 Å². The number of nitrogens with one attached hydrogen (secondary N) is 1. The van der Waals surface area contributed by atoms with Gasteiger partial charge in [-0.2, -0.15) is 0 Å². The molecule has 1 aromatic rings. The van der Waals surface area contributed by atoms with Crippen LogP contribution in [0.3, 0.4) is 0 Å². The molecule has 0 radical (unpaired) electrons. The van der Waals surface area contributed by atoms with Gasteiger partial charge in [-0.3, -0.25) is 9.59 Å². The summed E-state index contributed by atoms with van der Waals surface area (Å²) in [5, 5.41) is 20.3. The Balaban J connectivity index is 1.94. The Hall–Kier alpha value is -2.04. The van der Waals surface area contributed by atoms with E-state index in [0.717, 1.165) is 0 Å². The standard InChI is InChI=1S/C11H11NO4/c13-7-3-1-6(2-4-7)12-10(14)8-5-9(8)11(15)16/h1-4,8-9,13H,5H2,(H,12,14)(H,15,16). The van der Waals surface area contributed by atoms with Gasteiger partial charge in [-0.25, -0.2) is 0 Å². The van der Waals surface area contributed by atoms with Gasteiger partial charge >= 0.3 is 5.97 Å². The highest BCUT2D eigenvalue weighted by atomic mass is 16.4. The van der Waals surface area contributed by atoms with Crippen molar-refractivity contribution in [3.63, 3.8) is 0 Å². The fraction of sp³-hybridized carbons (Fsp3) is 0.273. The Morgan fingerprint density at radius 3 is 2.31 bits per heavy atom. The summed E-state index contributed by atoms with van der Waals surface area (Å²) in [5.74, 6) is -2.06. The second-order valence-corrected chi connectivity index (χ2v) is 3.82. The first kappa shape index (κ1) is 10.5. The van der Waals surface area contributed by atoms with Crippen LogP contribution in [0.15, 0.2) is 24.3 Å². The summed E-state index contributed by atoms with van der Waals surface area (Å²) in [4.78, 5) is 22.1. The number of carboxylic acid groups (broad SMARTS) is 1. The molecule has 0 aromatic heterocycles. The number of phenolic OH excluding ortho intramolecular Hbond substituents is 1. The zero-order valence-corrected chi connectivity index (χ0v) is 8.38. The lowest BCUT2D eigenvalue weighted by Gasteiger charge is -2.03. The number of carbonyl (C=O) groups excluding carboxylic acids is 1. The molecule has 0 aliphatic heterocycles. The summed E-state index contributed by atoms with van der Waals surface area (Å²) < 4.78 is 0. The Bertz CT molecular complexity index is 426. The first-order valence-electron chi connectivity index (χ1n) is 4.90. The predicted octanol–water partition coefficient (Wildman–Crippen LogP) is 1.05. The van der Waals surface area contributed by atoms with E-state index < -0.39 is 17.8 Å². The third-order valence-electron chi connectivity index (χ3n) is 2.58. The normalized spacial score (nSPS) is 22.5. The van der Waals surface area contributed by atoms with Crippen LogP contribution in [-0.2, 0) is 9.59 Å². The number of rotatable bonds is 3. The molecule has 1 fully saturated rings. The monoisotopic (exact) mass is 221 g/mol. The molecule has 5 heteroatoms. The van der Waals surface area contributed by atoms with Gasteiger partial charge in [0.1, 0.15) is 5.75 Å². The second kappa shape index (κ2) is 3.84. The minimum Gasteiger partial charge on any atom is -0.508 e. The van der Waals surface area contributed by atoms with E-state index in [9.17, 15) is 9.59 Å². The summed E-state index contributed by atoms with van der Waals surface area (Å²) in [5.41, 5.74) is 0.554. The summed E-state index contributed by atoms with van der Waals surface area (Å²) in [6, 6.07) is 6.03. The molecule has 16 heavy (non-hydrogen) atoms. The molecule has 1 aliphatic carbocycles. The first-order chi connectivity index (χ1) is 7.58. The van der Waals surface area contributed by atoms with Crippen LogP contribution < -0.4 is 5.32 Å². The van der Waals surface area contributed by atoms with Gasteiger partial charge in [-0.15, -0.1) is 0 Å². The van der Waals surface area contributed by atoms with Crippen LogP contribution >= 0.6 is 0 Å². The van der Waals surface area contributed by atoms with Crippen molar-refractivity contribution < 1.29 is 19.8 Å². The average molecular weight is 221 g/mol. The molecule has 0 heterocycles. The Labute approximate surface area is 91.7 Å². The van der Waals surface area contributed by atoms with Gasteiger partial charge in [0.2, 0.25) is 5.91 Å². The fourth-order valence-electron chi connectivity index (χ4n) is 1.54. The van der Waals surface area contributed by atoms with E-state index in [1.54, 1.807) is 12.1 Å². The summed E-state index contributed by atoms with van der Waals surface area (Å²) in [6.07, 6.45) is 0.402. The lowest BCUT2D eigenvalue weighted by molar-refractivity contribution is -0.139. The number of carbonyl (C=O) groups is 2. The number of phenols is 1. The van der Waals surface area contributed by atoms with Gasteiger partial charge in [-0.05, 0) is 30.7 Å². The van der Waals surface area contributed by atoms with Crippen LogP contribution in [0.4, 0.5) is 5.69 Å². The van der Waals surface area contributed by atoms with Crippen LogP contribution in [0.25, 0.3) is 0 Å². The lowest BCUT2D eigenvalue weighted by Crippen LogP contribution is -2.16. The highest BCUT2D eigenvalue weighted by Gasteiger charge is 2.48. The van der Waals surface area contributed by atoms with Gasteiger partial charge in [0.15, 0.2) is 0 Å². The van der Waals surface area contributed by atoms with E-state index in [2.05, 4.69) is 5.32 Å². The third kappa shape index (κ3) is 2.13. The molecule has 0 bridgehead atoms. The van der Waals surface area contributed by atoms with Gasteiger partial charge in [0.05, 0.1) is 11.8 Å². The average Bonchev–Trinajstić information content (AvgIpc) is 3.01. The lowest BCUT2D eigenvalue weighted by atomic mass is 10.2. The fourth-order valence-corrected chi connectivity index (χ4v) is 1.54. The molecule has 5 nitrogen and oxygen atoms in total. The van der Waals surface area contributed by atoms with Crippen molar-refractivity contribution in [3.05, 3.63) is 24.3 Å². The minimum absolute atomic E-state index is 0.118. The molecule has 2 unspecified atom stereocenters. The van der Waals surface area contributed by atoms with Crippen LogP contribution in [-0.4, -0.2) is 22.1 Å². The van der Waals surface area contributed by atoms with E-state index in [-0.39, 0.29) is 11.7 Å². The SMILES string of the molecule is O=C(O)C1CC1C(=O)Nc1ccc(O)cc1. The van der Waals surface area contributed by atoms with E-state index >= 15 is 0 Å². The predicted molar refractivity (Wildman–Crippen MR) is 56.0 cm³/mol. The number of aliphatic carboxylic acids is 1. The van der Waals surface area contributed by atoms with E-state index in [1.807, 2.05) is 0 Å². The number of amides is 1. The molecule has 3 N–H and O–H groups in total. The minimum atomic E-state index is -0.925. The van der Waals surface area contributed by atoms with Crippen LogP contribution in [0, 0.1) is 11.8 Å². The number of anilines is 1. The Kier molecular flexibility index (Phi) is 2.52.